The van der Waals surface area contributed by atoms with E-state index in [2.05, 4.69) is 5.10 Å². The zero-order valence-corrected chi connectivity index (χ0v) is 14.4. The zero-order chi connectivity index (χ0) is 19.6. The summed E-state index contributed by atoms with van der Waals surface area (Å²) in [5, 5.41) is 25.2. The molecule has 0 saturated carbocycles. The molecule has 0 fully saturated rings. The minimum absolute atomic E-state index is 0.183. The van der Waals surface area contributed by atoms with Crippen LogP contribution in [0.5, 0.6) is 0 Å². The molecule has 9 nitrogen and oxygen atoms in total. The van der Waals surface area contributed by atoms with Crippen LogP contribution in [0.15, 0.2) is 59.4 Å². The number of aryl methyl sites for hydroxylation is 1. The second-order valence-corrected chi connectivity index (χ2v) is 6.05. The van der Waals surface area contributed by atoms with Gasteiger partial charge in [0.15, 0.2) is 0 Å². The van der Waals surface area contributed by atoms with Gasteiger partial charge in [0.05, 0.1) is 22.1 Å². The minimum atomic E-state index is -0.909. The Bertz CT molecular complexity index is 1060. The van der Waals surface area contributed by atoms with Gasteiger partial charge in [-0.2, -0.15) is 0 Å². The highest BCUT2D eigenvalue weighted by Gasteiger charge is 2.28. The summed E-state index contributed by atoms with van der Waals surface area (Å²) in [7, 11) is 0. The third-order valence-corrected chi connectivity index (χ3v) is 4.29. The standard InChI is InChI=1S/C18H16N4O5/c1-12-17(18(23)21(19-12)14-7-3-2-4-8-14)16(11-20(24)25)13-6-5-9-15(10-13)22(26)27/h2-10,16,19H,11H2,1H3/t16-/m1/s1. The van der Waals surface area contributed by atoms with Gasteiger partial charge in [0.1, 0.15) is 0 Å². The number of non-ortho nitro benzene ring substituents is 1. The molecule has 1 heterocycles. The number of hydrogen-bond acceptors (Lipinski definition) is 5. The van der Waals surface area contributed by atoms with E-state index in [4.69, 9.17) is 0 Å². The van der Waals surface area contributed by atoms with Crippen LogP contribution >= 0.6 is 0 Å². The highest BCUT2D eigenvalue weighted by molar-refractivity contribution is 5.42. The number of para-hydroxylation sites is 1. The lowest BCUT2D eigenvalue weighted by Crippen LogP contribution is -2.24. The first kappa shape index (κ1) is 18.1. The van der Waals surface area contributed by atoms with Crippen LogP contribution in [0.3, 0.4) is 0 Å². The lowest BCUT2D eigenvalue weighted by molar-refractivity contribution is -0.481. The van der Waals surface area contributed by atoms with Crippen LogP contribution in [0.1, 0.15) is 22.7 Å². The molecule has 0 spiro atoms. The van der Waals surface area contributed by atoms with Crippen molar-refractivity contribution in [2.24, 2.45) is 0 Å². The van der Waals surface area contributed by atoms with Crippen molar-refractivity contribution in [2.45, 2.75) is 12.8 Å². The number of nitro groups is 2. The van der Waals surface area contributed by atoms with Gasteiger partial charge in [0, 0.05) is 22.7 Å². The number of nitro benzene ring substituents is 1. The van der Waals surface area contributed by atoms with E-state index in [0.29, 0.717) is 16.9 Å². The van der Waals surface area contributed by atoms with Crippen LogP contribution < -0.4 is 5.56 Å². The molecule has 0 unspecified atom stereocenters. The fraction of sp³-hybridized carbons (Fsp3) is 0.167. The molecule has 2 aromatic carbocycles. The maximum atomic E-state index is 13.0. The van der Waals surface area contributed by atoms with Crippen molar-refractivity contribution in [1.82, 2.24) is 9.78 Å². The van der Waals surface area contributed by atoms with Crippen molar-refractivity contribution >= 4 is 5.69 Å². The zero-order valence-electron chi connectivity index (χ0n) is 14.4. The van der Waals surface area contributed by atoms with Gasteiger partial charge in [-0.05, 0) is 24.6 Å². The number of nitrogens with zero attached hydrogens (tertiary/aromatic N) is 3. The Morgan fingerprint density at radius 2 is 1.78 bits per heavy atom. The van der Waals surface area contributed by atoms with Crippen LogP contribution in [-0.2, 0) is 0 Å². The largest absolute Gasteiger partial charge is 0.295 e. The lowest BCUT2D eigenvalue weighted by Gasteiger charge is -2.12. The Kier molecular flexibility index (Phi) is 4.84. The molecule has 9 heteroatoms. The van der Waals surface area contributed by atoms with Crippen molar-refractivity contribution in [1.29, 1.82) is 0 Å². The molecule has 0 aliphatic rings. The molecule has 0 saturated heterocycles. The number of benzene rings is 2. The average molecular weight is 368 g/mol. The van der Waals surface area contributed by atoms with E-state index in [1.807, 2.05) is 6.07 Å². The Hall–Kier alpha value is -3.75. The number of hydrogen-bond donors (Lipinski definition) is 1. The quantitative estimate of drug-likeness (QED) is 0.529. The summed E-state index contributed by atoms with van der Waals surface area (Å²) in [5.41, 5.74) is 1.03. The first-order valence-corrected chi connectivity index (χ1v) is 8.11. The number of H-pyrrole nitrogens is 1. The van der Waals surface area contributed by atoms with E-state index in [0.717, 1.165) is 0 Å². The highest BCUT2D eigenvalue weighted by Crippen LogP contribution is 2.28. The molecule has 3 aromatic rings. The first-order valence-electron chi connectivity index (χ1n) is 8.11. The molecular formula is C18H16N4O5. The number of rotatable bonds is 6. The number of aromatic amines is 1. The van der Waals surface area contributed by atoms with E-state index in [1.165, 1.54) is 22.9 Å². The van der Waals surface area contributed by atoms with Gasteiger partial charge in [0.2, 0.25) is 6.54 Å². The molecule has 1 N–H and O–H groups in total. The normalized spacial score (nSPS) is 11.9. The topological polar surface area (TPSA) is 124 Å². The maximum Gasteiger partial charge on any atom is 0.275 e. The fourth-order valence-corrected chi connectivity index (χ4v) is 3.10. The maximum absolute atomic E-state index is 13.0. The van der Waals surface area contributed by atoms with Crippen molar-refractivity contribution in [3.63, 3.8) is 0 Å². The monoisotopic (exact) mass is 368 g/mol. The predicted molar refractivity (Wildman–Crippen MR) is 97.9 cm³/mol. The first-order chi connectivity index (χ1) is 12.9. The summed E-state index contributed by atoms with van der Waals surface area (Å²) in [6.07, 6.45) is 0. The summed E-state index contributed by atoms with van der Waals surface area (Å²) in [4.78, 5) is 34.2. The molecule has 3 rings (SSSR count). The van der Waals surface area contributed by atoms with Crippen LogP contribution in [0.25, 0.3) is 5.69 Å². The lowest BCUT2D eigenvalue weighted by atomic mass is 9.91. The van der Waals surface area contributed by atoms with E-state index in [-0.39, 0.29) is 11.3 Å². The molecule has 0 radical (unpaired) electrons. The molecule has 1 aromatic heterocycles. The van der Waals surface area contributed by atoms with Crippen molar-refractivity contribution in [2.75, 3.05) is 6.54 Å². The van der Waals surface area contributed by atoms with E-state index in [9.17, 15) is 25.0 Å². The summed E-state index contributed by atoms with van der Waals surface area (Å²) >= 11 is 0. The molecule has 27 heavy (non-hydrogen) atoms. The Morgan fingerprint density at radius 1 is 1.07 bits per heavy atom. The average Bonchev–Trinajstić information content (AvgIpc) is 2.95. The smallest absolute Gasteiger partial charge is 0.275 e. The summed E-state index contributed by atoms with van der Waals surface area (Å²) in [5.74, 6) is -0.909. The van der Waals surface area contributed by atoms with E-state index >= 15 is 0 Å². The summed E-state index contributed by atoms with van der Waals surface area (Å²) in [6.45, 7) is 1.10. The third-order valence-electron chi connectivity index (χ3n) is 4.29. The Balaban J connectivity index is 2.16. The van der Waals surface area contributed by atoms with Gasteiger partial charge in [-0.25, -0.2) is 4.68 Å². The van der Waals surface area contributed by atoms with Crippen molar-refractivity contribution < 1.29 is 9.85 Å². The van der Waals surface area contributed by atoms with Crippen molar-refractivity contribution in [3.8, 4) is 5.69 Å². The van der Waals surface area contributed by atoms with Gasteiger partial charge in [-0.1, -0.05) is 30.3 Å². The molecule has 1 atom stereocenters. The Labute approximate surface area is 153 Å². The third kappa shape index (κ3) is 3.61. The van der Waals surface area contributed by atoms with Crippen LogP contribution in [-0.4, -0.2) is 26.2 Å². The van der Waals surface area contributed by atoms with Gasteiger partial charge >= 0.3 is 0 Å². The van der Waals surface area contributed by atoms with Gasteiger partial charge in [-0.15, -0.1) is 0 Å². The minimum Gasteiger partial charge on any atom is -0.295 e. The van der Waals surface area contributed by atoms with Gasteiger partial charge < -0.3 is 0 Å². The summed E-state index contributed by atoms with van der Waals surface area (Å²) in [6, 6.07) is 14.4. The predicted octanol–water partition coefficient (Wildman–Crippen LogP) is 2.79. The SMILES string of the molecule is Cc1[nH]n(-c2ccccc2)c(=O)c1[C@H](C[N+](=O)[O-])c1cccc([N+](=O)[O-])c1. The van der Waals surface area contributed by atoms with Crippen LogP contribution in [0, 0.1) is 27.2 Å². The highest BCUT2D eigenvalue weighted by atomic mass is 16.6. The molecule has 0 bridgehead atoms. The second-order valence-electron chi connectivity index (χ2n) is 6.05. The van der Waals surface area contributed by atoms with E-state index < -0.39 is 27.9 Å². The number of nitrogens with one attached hydrogen (secondary N) is 1. The molecule has 0 aliphatic heterocycles. The number of aromatic nitrogens is 2. The van der Waals surface area contributed by atoms with Crippen molar-refractivity contribution in [3.05, 3.63) is 102 Å². The molecule has 0 aliphatic carbocycles. The summed E-state index contributed by atoms with van der Waals surface area (Å²) < 4.78 is 1.31. The Morgan fingerprint density at radius 3 is 2.41 bits per heavy atom. The molecular weight excluding hydrogens is 352 g/mol. The molecule has 138 valence electrons. The second kappa shape index (κ2) is 7.24. The van der Waals surface area contributed by atoms with E-state index in [1.54, 1.807) is 37.3 Å². The molecule has 0 amide bonds. The van der Waals surface area contributed by atoms with Gasteiger partial charge in [-0.3, -0.25) is 30.1 Å². The fourth-order valence-electron chi connectivity index (χ4n) is 3.10. The van der Waals surface area contributed by atoms with Gasteiger partial charge in [0.25, 0.3) is 11.2 Å². The van der Waals surface area contributed by atoms with Crippen LogP contribution in [0.2, 0.25) is 0 Å². The van der Waals surface area contributed by atoms with Crippen LogP contribution in [0.4, 0.5) is 5.69 Å².